The number of anilines is 1. The maximum atomic E-state index is 12.2. The summed E-state index contributed by atoms with van der Waals surface area (Å²) >= 11 is 0. The highest BCUT2D eigenvalue weighted by atomic mass is 16.5. The summed E-state index contributed by atoms with van der Waals surface area (Å²) in [4.78, 5) is 16.6. The van der Waals surface area contributed by atoms with Crippen LogP contribution in [0.5, 0.6) is 5.75 Å². The van der Waals surface area contributed by atoms with Gasteiger partial charge < -0.3 is 15.2 Å². The molecule has 5 nitrogen and oxygen atoms in total. The molecule has 3 rings (SSSR count). The van der Waals surface area contributed by atoms with Crippen LogP contribution in [0, 0.1) is 0 Å². The zero-order chi connectivity index (χ0) is 17.8. The minimum atomic E-state index is -0.386. The number of esters is 1. The molecule has 0 aliphatic heterocycles. The van der Waals surface area contributed by atoms with Crippen molar-refractivity contribution in [1.82, 2.24) is 4.98 Å². The molecule has 0 saturated carbocycles. The van der Waals surface area contributed by atoms with Gasteiger partial charge >= 0.3 is 5.97 Å². The van der Waals surface area contributed by atoms with Crippen molar-refractivity contribution in [3.63, 3.8) is 0 Å². The number of benzene rings is 2. The molecule has 1 heterocycles. The highest BCUT2D eigenvalue weighted by molar-refractivity contribution is 6.05. The van der Waals surface area contributed by atoms with E-state index in [1.807, 2.05) is 37.3 Å². The number of aromatic nitrogens is 1. The normalized spacial score (nSPS) is 10.6. The molecule has 1 aromatic heterocycles. The van der Waals surface area contributed by atoms with Crippen molar-refractivity contribution in [2.45, 2.75) is 13.8 Å². The van der Waals surface area contributed by atoms with Gasteiger partial charge in [0.1, 0.15) is 11.3 Å². The number of carbonyl (C=O) groups is 1. The van der Waals surface area contributed by atoms with Gasteiger partial charge in [-0.05, 0) is 49.2 Å². The van der Waals surface area contributed by atoms with E-state index in [-0.39, 0.29) is 11.7 Å². The SMILES string of the molecule is CCNc1c(C(=O)OCC)cnc2ccc(-c3ccc(O)cc3)cc12. The summed E-state index contributed by atoms with van der Waals surface area (Å²) in [5, 5.41) is 13.6. The van der Waals surface area contributed by atoms with Crippen molar-refractivity contribution in [2.24, 2.45) is 0 Å². The number of fused-ring (bicyclic) bond motifs is 1. The monoisotopic (exact) mass is 336 g/mol. The van der Waals surface area contributed by atoms with Crippen LogP contribution in [0.2, 0.25) is 0 Å². The summed E-state index contributed by atoms with van der Waals surface area (Å²) in [6.07, 6.45) is 1.55. The molecule has 0 fully saturated rings. The van der Waals surface area contributed by atoms with Gasteiger partial charge in [0.15, 0.2) is 0 Å². The van der Waals surface area contributed by atoms with Crippen LogP contribution in [-0.4, -0.2) is 29.2 Å². The van der Waals surface area contributed by atoms with Gasteiger partial charge in [-0.2, -0.15) is 0 Å². The maximum absolute atomic E-state index is 12.2. The van der Waals surface area contributed by atoms with Crippen LogP contribution in [0.3, 0.4) is 0 Å². The van der Waals surface area contributed by atoms with Gasteiger partial charge in [-0.3, -0.25) is 4.98 Å². The average Bonchev–Trinajstić information content (AvgIpc) is 2.62. The number of pyridine rings is 1. The number of aromatic hydroxyl groups is 1. The van der Waals surface area contributed by atoms with Crippen molar-refractivity contribution in [3.8, 4) is 16.9 Å². The zero-order valence-corrected chi connectivity index (χ0v) is 14.2. The predicted molar refractivity (Wildman–Crippen MR) is 99.0 cm³/mol. The Balaban J connectivity index is 2.17. The Labute approximate surface area is 146 Å². The van der Waals surface area contributed by atoms with Crippen LogP contribution in [0.25, 0.3) is 22.0 Å². The third kappa shape index (κ3) is 3.40. The number of phenolic OH excluding ortho intramolecular Hbond substituents is 1. The van der Waals surface area contributed by atoms with Crippen molar-refractivity contribution in [3.05, 3.63) is 54.2 Å². The van der Waals surface area contributed by atoms with E-state index in [1.54, 1.807) is 25.3 Å². The smallest absolute Gasteiger partial charge is 0.341 e. The highest BCUT2D eigenvalue weighted by Crippen LogP contribution is 2.31. The Morgan fingerprint density at radius 3 is 2.52 bits per heavy atom. The first-order chi connectivity index (χ1) is 12.1. The Morgan fingerprint density at radius 1 is 1.12 bits per heavy atom. The first-order valence-corrected chi connectivity index (χ1v) is 8.27. The number of rotatable bonds is 5. The molecule has 25 heavy (non-hydrogen) atoms. The minimum Gasteiger partial charge on any atom is -0.508 e. The molecule has 0 atom stereocenters. The van der Waals surface area contributed by atoms with E-state index in [0.29, 0.717) is 18.7 Å². The summed E-state index contributed by atoms with van der Waals surface area (Å²) in [5.41, 5.74) is 3.91. The van der Waals surface area contributed by atoms with Gasteiger partial charge in [0.05, 0.1) is 17.8 Å². The van der Waals surface area contributed by atoms with Crippen molar-refractivity contribution in [2.75, 3.05) is 18.5 Å². The lowest BCUT2D eigenvalue weighted by molar-refractivity contribution is 0.0527. The number of hydrogen-bond donors (Lipinski definition) is 2. The highest BCUT2D eigenvalue weighted by Gasteiger charge is 2.16. The summed E-state index contributed by atoms with van der Waals surface area (Å²) in [5.74, 6) is -0.160. The van der Waals surface area contributed by atoms with E-state index >= 15 is 0 Å². The fraction of sp³-hybridized carbons (Fsp3) is 0.200. The van der Waals surface area contributed by atoms with E-state index < -0.39 is 0 Å². The number of hydrogen-bond acceptors (Lipinski definition) is 5. The molecule has 0 aliphatic rings. The van der Waals surface area contributed by atoms with Crippen molar-refractivity contribution in [1.29, 1.82) is 0 Å². The second-order valence-corrected chi connectivity index (χ2v) is 5.58. The lowest BCUT2D eigenvalue weighted by atomic mass is 10.0. The van der Waals surface area contributed by atoms with Crippen molar-refractivity contribution < 1.29 is 14.6 Å². The first kappa shape index (κ1) is 16.8. The Morgan fingerprint density at radius 2 is 1.84 bits per heavy atom. The molecule has 0 saturated heterocycles. The molecule has 0 amide bonds. The zero-order valence-electron chi connectivity index (χ0n) is 14.2. The number of ether oxygens (including phenoxy) is 1. The predicted octanol–water partition coefficient (Wildman–Crippen LogP) is 4.22. The van der Waals surface area contributed by atoms with Gasteiger partial charge in [0.25, 0.3) is 0 Å². The summed E-state index contributed by atoms with van der Waals surface area (Å²) < 4.78 is 5.15. The van der Waals surface area contributed by atoms with Gasteiger partial charge in [0.2, 0.25) is 0 Å². The molecule has 5 heteroatoms. The number of nitrogens with zero attached hydrogens (tertiary/aromatic N) is 1. The van der Waals surface area contributed by atoms with E-state index in [0.717, 1.165) is 27.7 Å². The van der Waals surface area contributed by atoms with Gasteiger partial charge in [-0.25, -0.2) is 4.79 Å². The molecule has 3 aromatic rings. The van der Waals surface area contributed by atoms with Gasteiger partial charge in [0, 0.05) is 18.1 Å². The van der Waals surface area contributed by atoms with E-state index in [4.69, 9.17) is 4.74 Å². The Kier molecular flexibility index (Phi) is 4.84. The topological polar surface area (TPSA) is 71.5 Å². The standard InChI is InChI=1S/C20H20N2O3/c1-3-21-19-16-11-14(13-5-8-15(23)9-6-13)7-10-18(16)22-12-17(19)20(24)25-4-2/h5-12,23H,3-4H2,1-2H3,(H,21,22). The van der Waals surface area contributed by atoms with E-state index in [9.17, 15) is 9.90 Å². The largest absolute Gasteiger partial charge is 0.508 e. The van der Waals surface area contributed by atoms with Crippen LogP contribution < -0.4 is 5.32 Å². The van der Waals surface area contributed by atoms with Gasteiger partial charge in [-0.1, -0.05) is 18.2 Å². The van der Waals surface area contributed by atoms with E-state index in [1.165, 1.54) is 0 Å². The van der Waals surface area contributed by atoms with Crippen LogP contribution in [0.15, 0.2) is 48.7 Å². The number of nitrogens with one attached hydrogen (secondary N) is 1. The Hall–Kier alpha value is -3.08. The molecule has 0 aliphatic carbocycles. The van der Waals surface area contributed by atoms with E-state index in [2.05, 4.69) is 10.3 Å². The molecule has 128 valence electrons. The van der Waals surface area contributed by atoms with Crippen LogP contribution >= 0.6 is 0 Å². The fourth-order valence-electron chi connectivity index (χ4n) is 2.76. The first-order valence-electron chi connectivity index (χ1n) is 8.27. The third-order valence-electron chi connectivity index (χ3n) is 3.92. The summed E-state index contributed by atoms with van der Waals surface area (Å²) in [6, 6.07) is 12.9. The Bertz CT molecular complexity index is 905. The van der Waals surface area contributed by atoms with Crippen LogP contribution in [0.1, 0.15) is 24.2 Å². The number of phenols is 1. The lowest BCUT2D eigenvalue weighted by Gasteiger charge is -2.14. The molecule has 2 aromatic carbocycles. The maximum Gasteiger partial charge on any atom is 0.341 e. The lowest BCUT2D eigenvalue weighted by Crippen LogP contribution is -2.11. The molecular weight excluding hydrogens is 316 g/mol. The second kappa shape index (κ2) is 7.21. The molecule has 2 N–H and O–H groups in total. The third-order valence-corrected chi connectivity index (χ3v) is 3.92. The molecule has 0 unspecified atom stereocenters. The minimum absolute atomic E-state index is 0.226. The second-order valence-electron chi connectivity index (χ2n) is 5.58. The molecular formula is C20H20N2O3. The molecule has 0 radical (unpaired) electrons. The number of carbonyl (C=O) groups excluding carboxylic acids is 1. The van der Waals surface area contributed by atoms with Gasteiger partial charge in [-0.15, -0.1) is 0 Å². The van der Waals surface area contributed by atoms with Crippen LogP contribution in [0.4, 0.5) is 5.69 Å². The summed E-state index contributed by atoms with van der Waals surface area (Å²) in [7, 11) is 0. The average molecular weight is 336 g/mol. The molecule has 0 spiro atoms. The quantitative estimate of drug-likeness (QED) is 0.683. The summed E-state index contributed by atoms with van der Waals surface area (Å²) in [6.45, 7) is 4.75. The molecule has 0 bridgehead atoms. The fourth-order valence-corrected chi connectivity index (χ4v) is 2.76. The van der Waals surface area contributed by atoms with Crippen LogP contribution in [-0.2, 0) is 4.74 Å². The van der Waals surface area contributed by atoms with Crippen molar-refractivity contribution >= 4 is 22.6 Å².